The molecule has 0 aromatic rings. The van der Waals surface area contributed by atoms with Gasteiger partial charge in [0.1, 0.15) is 0 Å². The summed E-state index contributed by atoms with van der Waals surface area (Å²) in [4.78, 5) is 0. The highest BCUT2D eigenvalue weighted by Crippen LogP contribution is 2.30. The molecule has 1 aliphatic rings. The molecule has 1 nitrogen and oxygen atoms in total. The van der Waals surface area contributed by atoms with E-state index in [1.807, 2.05) is 11.8 Å². The lowest BCUT2D eigenvalue weighted by atomic mass is 9.78. The van der Waals surface area contributed by atoms with Crippen LogP contribution < -0.4 is 5.32 Å². The Bertz CT molecular complexity index is 170. The minimum Gasteiger partial charge on any atom is -0.314 e. The van der Waals surface area contributed by atoms with Gasteiger partial charge in [0.2, 0.25) is 0 Å². The topological polar surface area (TPSA) is 12.0 Å². The van der Waals surface area contributed by atoms with Gasteiger partial charge in [0.15, 0.2) is 0 Å². The summed E-state index contributed by atoms with van der Waals surface area (Å²) in [7, 11) is 0. The second-order valence-electron chi connectivity index (χ2n) is 5.88. The van der Waals surface area contributed by atoms with Crippen LogP contribution in [0.2, 0.25) is 0 Å². The molecule has 0 aromatic heterocycles. The highest BCUT2D eigenvalue weighted by Gasteiger charge is 2.27. The van der Waals surface area contributed by atoms with Crippen LogP contribution in [0.4, 0.5) is 0 Å². The third-order valence-electron chi connectivity index (χ3n) is 3.36. The van der Waals surface area contributed by atoms with Gasteiger partial charge in [-0.1, -0.05) is 20.8 Å². The zero-order chi connectivity index (χ0) is 11.3. The summed E-state index contributed by atoms with van der Waals surface area (Å²) in [5.74, 6) is 2.15. The molecule has 0 radical (unpaired) electrons. The van der Waals surface area contributed by atoms with Crippen LogP contribution >= 0.6 is 11.8 Å². The molecule has 1 atom stereocenters. The maximum absolute atomic E-state index is 3.68. The molecular formula is C13H27NS. The Morgan fingerprint density at radius 2 is 2.00 bits per heavy atom. The molecule has 1 aliphatic carbocycles. The molecule has 1 saturated carbocycles. The average molecular weight is 229 g/mol. The Morgan fingerprint density at radius 1 is 1.33 bits per heavy atom. The van der Waals surface area contributed by atoms with Crippen molar-refractivity contribution in [3.05, 3.63) is 0 Å². The van der Waals surface area contributed by atoms with Gasteiger partial charge < -0.3 is 5.32 Å². The minimum absolute atomic E-state index is 0.459. The van der Waals surface area contributed by atoms with Gasteiger partial charge in [-0.2, -0.15) is 11.8 Å². The van der Waals surface area contributed by atoms with Crippen molar-refractivity contribution >= 4 is 11.8 Å². The highest BCUT2D eigenvalue weighted by molar-refractivity contribution is 7.98. The fourth-order valence-corrected chi connectivity index (χ4v) is 2.37. The summed E-state index contributed by atoms with van der Waals surface area (Å²) in [6.07, 6.45) is 7.76. The van der Waals surface area contributed by atoms with Crippen molar-refractivity contribution in [2.75, 3.05) is 18.6 Å². The smallest absolute Gasteiger partial charge is 0.00683 e. The fraction of sp³-hybridized carbons (Fsp3) is 1.00. The molecule has 1 fully saturated rings. The molecule has 0 bridgehead atoms. The summed E-state index contributed by atoms with van der Waals surface area (Å²) in [6.45, 7) is 8.37. The zero-order valence-electron chi connectivity index (χ0n) is 10.8. The summed E-state index contributed by atoms with van der Waals surface area (Å²) < 4.78 is 0. The van der Waals surface area contributed by atoms with E-state index in [9.17, 15) is 0 Å². The van der Waals surface area contributed by atoms with Crippen molar-refractivity contribution in [3.63, 3.8) is 0 Å². The maximum Gasteiger partial charge on any atom is 0.00683 e. The lowest BCUT2D eigenvalue weighted by Crippen LogP contribution is -2.33. The molecule has 0 aromatic carbocycles. The molecule has 0 spiro atoms. The summed E-state index contributed by atoms with van der Waals surface area (Å²) in [5, 5.41) is 3.68. The van der Waals surface area contributed by atoms with Crippen LogP contribution in [-0.2, 0) is 0 Å². The van der Waals surface area contributed by atoms with Crippen LogP contribution in [0.5, 0.6) is 0 Å². The molecule has 2 heteroatoms. The van der Waals surface area contributed by atoms with Gasteiger partial charge in [0, 0.05) is 6.04 Å². The third-order valence-corrected chi connectivity index (χ3v) is 4.05. The van der Waals surface area contributed by atoms with Crippen LogP contribution in [-0.4, -0.2) is 24.6 Å². The van der Waals surface area contributed by atoms with E-state index in [4.69, 9.17) is 0 Å². The van der Waals surface area contributed by atoms with Crippen molar-refractivity contribution in [2.24, 2.45) is 11.3 Å². The first-order valence-electron chi connectivity index (χ1n) is 6.26. The molecule has 15 heavy (non-hydrogen) atoms. The molecule has 1 N–H and O–H groups in total. The first kappa shape index (κ1) is 13.4. The number of hydrogen-bond acceptors (Lipinski definition) is 2. The third kappa shape index (κ3) is 5.82. The second kappa shape index (κ2) is 6.15. The minimum atomic E-state index is 0.459. The molecule has 1 unspecified atom stereocenters. The monoisotopic (exact) mass is 229 g/mol. The average Bonchev–Trinajstić information content (AvgIpc) is 2.92. The Kier molecular flexibility index (Phi) is 5.48. The quantitative estimate of drug-likeness (QED) is 0.670. The molecule has 0 amide bonds. The lowest BCUT2D eigenvalue weighted by molar-refractivity contribution is 0.217. The zero-order valence-corrected chi connectivity index (χ0v) is 11.6. The van der Waals surface area contributed by atoms with Crippen molar-refractivity contribution < 1.29 is 0 Å². The van der Waals surface area contributed by atoms with E-state index in [2.05, 4.69) is 32.3 Å². The predicted molar refractivity (Wildman–Crippen MR) is 71.6 cm³/mol. The number of hydrogen-bond donors (Lipinski definition) is 1. The number of nitrogens with one attached hydrogen (secondary N) is 1. The predicted octanol–water partition coefficient (Wildman–Crippen LogP) is 3.54. The largest absolute Gasteiger partial charge is 0.314 e. The second-order valence-corrected chi connectivity index (χ2v) is 6.87. The van der Waals surface area contributed by atoms with E-state index in [1.165, 1.54) is 38.0 Å². The first-order valence-corrected chi connectivity index (χ1v) is 7.65. The van der Waals surface area contributed by atoms with Gasteiger partial charge in [-0.3, -0.25) is 0 Å². The maximum atomic E-state index is 3.68. The molecular weight excluding hydrogens is 202 g/mol. The summed E-state index contributed by atoms with van der Waals surface area (Å²) in [6, 6.07) is 0.857. The Morgan fingerprint density at radius 3 is 2.47 bits per heavy atom. The van der Waals surface area contributed by atoms with Crippen LogP contribution in [0.15, 0.2) is 0 Å². The van der Waals surface area contributed by atoms with Crippen LogP contribution in [0.3, 0.4) is 0 Å². The van der Waals surface area contributed by atoms with E-state index < -0.39 is 0 Å². The van der Waals surface area contributed by atoms with Crippen LogP contribution in [0, 0.1) is 11.3 Å². The van der Waals surface area contributed by atoms with Gasteiger partial charge in [0.25, 0.3) is 0 Å². The van der Waals surface area contributed by atoms with E-state index in [1.54, 1.807) is 0 Å². The van der Waals surface area contributed by atoms with Crippen molar-refractivity contribution in [3.8, 4) is 0 Å². The van der Waals surface area contributed by atoms with Gasteiger partial charge in [0.05, 0.1) is 0 Å². The van der Waals surface area contributed by atoms with E-state index in [0.717, 1.165) is 12.0 Å². The molecule has 1 rings (SSSR count). The van der Waals surface area contributed by atoms with Gasteiger partial charge in [-0.25, -0.2) is 0 Å². The normalized spacial score (nSPS) is 19.2. The van der Waals surface area contributed by atoms with E-state index in [0.29, 0.717) is 5.41 Å². The Balaban J connectivity index is 2.23. The molecule has 90 valence electrons. The van der Waals surface area contributed by atoms with Gasteiger partial charge >= 0.3 is 0 Å². The van der Waals surface area contributed by atoms with E-state index >= 15 is 0 Å². The molecule has 0 heterocycles. The van der Waals surface area contributed by atoms with Crippen molar-refractivity contribution in [1.29, 1.82) is 0 Å². The number of rotatable bonds is 7. The fourth-order valence-electron chi connectivity index (χ4n) is 1.91. The molecule has 0 saturated heterocycles. The van der Waals surface area contributed by atoms with Gasteiger partial charge in [-0.15, -0.1) is 0 Å². The Hall–Kier alpha value is 0.310. The lowest BCUT2D eigenvalue weighted by Gasteiger charge is -2.31. The van der Waals surface area contributed by atoms with Crippen LogP contribution in [0.1, 0.15) is 46.5 Å². The van der Waals surface area contributed by atoms with Crippen molar-refractivity contribution in [2.45, 2.75) is 52.5 Å². The van der Waals surface area contributed by atoms with Gasteiger partial charge in [-0.05, 0) is 55.6 Å². The Labute approximate surface area is 99.8 Å². The number of thioether (sulfide) groups is 1. The van der Waals surface area contributed by atoms with E-state index in [-0.39, 0.29) is 0 Å². The van der Waals surface area contributed by atoms with Crippen molar-refractivity contribution in [1.82, 2.24) is 5.32 Å². The summed E-state index contributed by atoms with van der Waals surface area (Å²) in [5.41, 5.74) is 0.459. The van der Waals surface area contributed by atoms with Crippen LogP contribution in [0.25, 0.3) is 0 Å². The highest BCUT2D eigenvalue weighted by atomic mass is 32.2. The first-order chi connectivity index (χ1) is 7.04. The standard InChI is InChI=1S/C13H27NS/c1-13(2,3)11(6-5-9-15-4)10-14-12-7-8-12/h11-12,14H,5-10H2,1-4H3. The summed E-state index contributed by atoms with van der Waals surface area (Å²) >= 11 is 1.97. The SMILES string of the molecule is CSCCCC(CNC1CC1)C(C)(C)C. The molecule has 0 aliphatic heterocycles.